The second kappa shape index (κ2) is 6.41. The minimum absolute atomic E-state index is 0.538. The van der Waals surface area contributed by atoms with Gasteiger partial charge in [0.2, 0.25) is 0 Å². The van der Waals surface area contributed by atoms with Crippen LogP contribution >= 0.6 is 0 Å². The minimum atomic E-state index is 0.538. The molecule has 1 heterocycles. The molecule has 0 amide bonds. The fraction of sp³-hybridized carbons (Fsp3) is 0.286. The predicted octanol–water partition coefficient (Wildman–Crippen LogP) is 5.72. The van der Waals surface area contributed by atoms with Crippen LogP contribution in [0.2, 0.25) is 0 Å². The molecular weight excluding hydrogens is 280 g/mol. The number of hydrogen-bond donors (Lipinski definition) is 0. The van der Waals surface area contributed by atoms with Crippen LogP contribution in [0.25, 0.3) is 22.5 Å². The van der Waals surface area contributed by atoms with Crippen LogP contribution in [-0.4, -0.2) is 9.78 Å². The Labute approximate surface area is 137 Å². The summed E-state index contributed by atoms with van der Waals surface area (Å²) < 4.78 is 2.29. The molecule has 1 aromatic heterocycles. The zero-order valence-electron chi connectivity index (χ0n) is 13.4. The average Bonchev–Trinajstić information content (AvgIpc) is 3.09. The fourth-order valence-corrected chi connectivity index (χ4v) is 3.57. The van der Waals surface area contributed by atoms with Gasteiger partial charge < -0.3 is 0 Å². The van der Waals surface area contributed by atoms with E-state index in [0.717, 1.165) is 5.69 Å². The van der Waals surface area contributed by atoms with Gasteiger partial charge in [0.25, 0.3) is 0 Å². The molecule has 1 fully saturated rings. The first-order valence-electron chi connectivity index (χ1n) is 8.62. The van der Waals surface area contributed by atoms with Gasteiger partial charge >= 0.3 is 0 Å². The van der Waals surface area contributed by atoms with E-state index < -0.39 is 0 Å². The second-order valence-corrected chi connectivity index (χ2v) is 6.38. The molecule has 2 nitrogen and oxygen atoms in total. The van der Waals surface area contributed by atoms with E-state index in [2.05, 4.69) is 71.4 Å². The maximum Gasteiger partial charge on any atom is 0.0929 e. The van der Waals surface area contributed by atoms with Gasteiger partial charge in [-0.05, 0) is 24.5 Å². The molecule has 0 aliphatic heterocycles. The van der Waals surface area contributed by atoms with Crippen LogP contribution in [0, 0.1) is 0 Å². The maximum absolute atomic E-state index is 5.00. The molecule has 2 heteroatoms. The van der Waals surface area contributed by atoms with Crippen LogP contribution in [0.4, 0.5) is 0 Å². The van der Waals surface area contributed by atoms with Crippen molar-refractivity contribution >= 4 is 0 Å². The molecule has 0 radical (unpaired) electrons. The Kier molecular flexibility index (Phi) is 3.97. The van der Waals surface area contributed by atoms with Crippen molar-refractivity contribution in [2.75, 3.05) is 0 Å². The Morgan fingerprint density at radius 2 is 1.35 bits per heavy atom. The van der Waals surface area contributed by atoms with E-state index in [4.69, 9.17) is 5.10 Å². The number of aromatic nitrogens is 2. The minimum Gasteiger partial charge on any atom is -0.261 e. The van der Waals surface area contributed by atoms with Crippen LogP contribution in [0.15, 0.2) is 66.7 Å². The molecule has 4 rings (SSSR count). The summed E-state index contributed by atoms with van der Waals surface area (Å²) in [6.07, 6.45) is 6.49. The van der Waals surface area contributed by atoms with Gasteiger partial charge in [-0.1, -0.05) is 79.9 Å². The monoisotopic (exact) mass is 302 g/mol. The average molecular weight is 302 g/mol. The van der Waals surface area contributed by atoms with E-state index in [-0.39, 0.29) is 0 Å². The third-order valence-corrected chi connectivity index (χ3v) is 4.80. The molecule has 1 saturated carbocycles. The molecule has 0 unspecified atom stereocenters. The first-order valence-corrected chi connectivity index (χ1v) is 8.62. The lowest BCUT2D eigenvalue weighted by Gasteiger charge is -2.24. The lowest BCUT2D eigenvalue weighted by Crippen LogP contribution is -2.15. The Balaban J connectivity index is 1.80. The van der Waals surface area contributed by atoms with Gasteiger partial charge in [-0.2, -0.15) is 5.10 Å². The molecule has 23 heavy (non-hydrogen) atoms. The van der Waals surface area contributed by atoms with Crippen molar-refractivity contribution in [1.82, 2.24) is 9.78 Å². The molecule has 2 aromatic carbocycles. The molecule has 116 valence electrons. The molecule has 0 bridgehead atoms. The summed E-state index contributed by atoms with van der Waals surface area (Å²) in [5, 5.41) is 5.00. The number of nitrogens with zero attached hydrogens (tertiary/aromatic N) is 2. The van der Waals surface area contributed by atoms with Crippen molar-refractivity contribution in [2.24, 2.45) is 0 Å². The quantitative estimate of drug-likeness (QED) is 0.605. The first kappa shape index (κ1) is 14.3. The van der Waals surface area contributed by atoms with Crippen LogP contribution < -0.4 is 0 Å². The summed E-state index contributed by atoms with van der Waals surface area (Å²) in [5.74, 6) is 0. The lowest BCUT2D eigenvalue weighted by molar-refractivity contribution is 0.333. The summed E-state index contributed by atoms with van der Waals surface area (Å²) in [4.78, 5) is 0. The van der Waals surface area contributed by atoms with Crippen LogP contribution in [0.1, 0.15) is 38.1 Å². The highest BCUT2D eigenvalue weighted by Gasteiger charge is 2.21. The van der Waals surface area contributed by atoms with Crippen molar-refractivity contribution < 1.29 is 0 Å². The van der Waals surface area contributed by atoms with Crippen molar-refractivity contribution in [3.05, 3.63) is 66.7 Å². The molecule has 0 N–H and O–H groups in total. The normalized spacial score (nSPS) is 15.7. The second-order valence-electron chi connectivity index (χ2n) is 6.38. The van der Waals surface area contributed by atoms with Gasteiger partial charge in [-0.3, -0.25) is 4.68 Å². The molecule has 0 atom stereocenters. The van der Waals surface area contributed by atoms with E-state index in [0.29, 0.717) is 6.04 Å². The third kappa shape index (κ3) is 2.94. The smallest absolute Gasteiger partial charge is 0.0929 e. The summed E-state index contributed by atoms with van der Waals surface area (Å²) in [7, 11) is 0. The number of rotatable bonds is 3. The summed E-state index contributed by atoms with van der Waals surface area (Å²) in [6.45, 7) is 0. The molecule has 1 aliphatic carbocycles. The SMILES string of the molecule is c1ccc(-c2cc(-c3ccccc3)n(C3CCCCC3)n2)cc1. The van der Waals surface area contributed by atoms with Crippen LogP contribution in [0.5, 0.6) is 0 Å². The molecule has 1 aliphatic rings. The van der Waals surface area contributed by atoms with Gasteiger partial charge in [0.1, 0.15) is 0 Å². The van der Waals surface area contributed by atoms with Gasteiger partial charge in [0.15, 0.2) is 0 Å². The van der Waals surface area contributed by atoms with Gasteiger partial charge in [0, 0.05) is 5.56 Å². The highest BCUT2D eigenvalue weighted by molar-refractivity contribution is 5.68. The fourth-order valence-electron chi connectivity index (χ4n) is 3.57. The Bertz CT molecular complexity index is 753. The van der Waals surface area contributed by atoms with Gasteiger partial charge in [-0.25, -0.2) is 0 Å². The highest BCUT2D eigenvalue weighted by atomic mass is 15.3. The largest absolute Gasteiger partial charge is 0.261 e. The van der Waals surface area contributed by atoms with E-state index in [1.165, 1.54) is 48.9 Å². The van der Waals surface area contributed by atoms with Crippen molar-refractivity contribution in [3.63, 3.8) is 0 Å². The lowest BCUT2D eigenvalue weighted by atomic mass is 9.95. The summed E-state index contributed by atoms with van der Waals surface area (Å²) in [6, 6.07) is 23.9. The van der Waals surface area contributed by atoms with Gasteiger partial charge in [0.05, 0.1) is 17.4 Å². The van der Waals surface area contributed by atoms with Crippen molar-refractivity contribution in [2.45, 2.75) is 38.1 Å². The van der Waals surface area contributed by atoms with Crippen molar-refractivity contribution in [1.29, 1.82) is 0 Å². The van der Waals surface area contributed by atoms with E-state index in [9.17, 15) is 0 Å². The predicted molar refractivity (Wildman–Crippen MR) is 95.2 cm³/mol. The Morgan fingerprint density at radius 1 is 0.739 bits per heavy atom. The summed E-state index contributed by atoms with van der Waals surface area (Å²) >= 11 is 0. The molecule has 0 spiro atoms. The Morgan fingerprint density at radius 3 is 2.00 bits per heavy atom. The van der Waals surface area contributed by atoms with E-state index >= 15 is 0 Å². The van der Waals surface area contributed by atoms with E-state index in [1.54, 1.807) is 0 Å². The Hall–Kier alpha value is -2.35. The first-order chi connectivity index (χ1) is 11.4. The maximum atomic E-state index is 5.00. The van der Waals surface area contributed by atoms with Crippen molar-refractivity contribution in [3.8, 4) is 22.5 Å². The van der Waals surface area contributed by atoms with E-state index in [1.807, 2.05) is 0 Å². The van der Waals surface area contributed by atoms with Crippen LogP contribution in [-0.2, 0) is 0 Å². The molecule has 3 aromatic rings. The zero-order valence-corrected chi connectivity index (χ0v) is 13.4. The number of benzene rings is 2. The third-order valence-electron chi connectivity index (χ3n) is 4.80. The number of hydrogen-bond acceptors (Lipinski definition) is 1. The standard InChI is InChI=1S/C21H22N2/c1-4-10-17(11-5-1)20-16-21(18-12-6-2-7-13-18)23(22-20)19-14-8-3-9-15-19/h1-2,4-7,10-13,16,19H,3,8-9,14-15H2. The summed E-state index contributed by atoms with van der Waals surface area (Å²) in [5.41, 5.74) is 4.78. The topological polar surface area (TPSA) is 17.8 Å². The van der Waals surface area contributed by atoms with Gasteiger partial charge in [-0.15, -0.1) is 0 Å². The zero-order chi connectivity index (χ0) is 15.5. The molecule has 0 saturated heterocycles. The molecular formula is C21H22N2. The highest BCUT2D eigenvalue weighted by Crippen LogP contribution is 2.34. The van der Waals surface area contributed by atoms with Crippen LogP contribution in [0.3, 0.4) is 0 Å².